The van der Waals surface area contributed by atoms with Crippen LogP contribution in [0.5, 0.6) is 0 Å². The number of aryl methyl sites for hydroxylation is 1. The lowest BCUT2D eigenvalue weighted by molar-refractivity contribution is -0.113. The maximum atomic E-state index is 13.7. The van der Waals surface area contributed by atoms with E-state index in [-0.39, 0.29) is 11.9 Å². The lowest BCUT2D eigenvalue weighted by Gasteiger charge is -2.15. The lowest BCUT2D eigenvalue weighted by atomic mass is 10.2. The quantitative estimate of drug-likeness (QED) is 0.201. The molecule has 0 N–H and O–H groups in total. The van der Waals surface area contributed by atoms with Gasteiger partial charge in [-0.25, -0.2) is 9.79 Å². The van der Waals surface area contributed by atoms with Crippen molar-refractivity contribution in [3.63, 3.8) is 0 Å². The summed E-state index contributed by atoms with van der Waals surface area (Å²) in [5.74, 6) is -0.469. The van der Waals surface area contributed by atoms with Crippen molar-refractivity contribution in [1.29, 1.82) is 0 Å². The SMILES string of the molecule is CCOC(=O)c1cccc(-n2c(C)cc(/C=C3\SC(=Nc4ccccc4)N(c4ccccc4)C3=O)c2C)c1. The summed E-state index contributed by atoms with van der Waals surface area (Å²) in [4.78, 5) is 33.0. The monoisotopic (exact) mass is 521 g/mol. The number of hydrogen-bond acceptors (Lipinski definition) is 5. The number of aromatic nitrogens is 1. The van der Waals surface area contributed by atoms with Crippen molar-refractivity contribution in [3.8, 4) is 5.69 Å². The molecule has 1 saturated heterocycles. The van der Waals surface area contributed by atoms with Gasteiger partial charge in [-0.15, -0.1) is 0 Å². The third-order valence-corrected chi connectivity index (χ3v) is 7.14. The van der Waals surface area contributed by atoms with Gasteiger partial charge in [0.05, 0.1) is 28.5 Å². The van der Waals surface area contributed by atoms with Gasteiger partial charge in [-0.1, -0.05) is 42.5 Å². The third kappa shape index (κ3) is 5.06. The van der Waals surface area contributed by atoms with E-state index in [1.807, 2.05) is 105 Å². The number of anilines is 1. The lowest BCUT2D eigenvalue weighted by Crippen LogP contribution is -2.28. The van der Waals surface area contributed by atoms with E-state index in [0.717, 1.165) is 34.0 Å². The summed E-state index contributed by atoms with van der Waals surface area (Å²) < 4.78 is 7.25. The molecule has 3 aromatic carbocycles. The van der Waals surface area contributed by atoms with Gasteiger partial charge in [0, 0.05) is 17.1 Å². The average Bonchev–Trinajstić information content (AvgIpc) is 3.39. The zero-order valence-electron chi connectivity index (χ0n) is 21.4. The average molecular weight is 522 g/mol. The number of hydrogen-bond donors (Lipinski definition) is 0. The van der Waals surface area contributed by atoms with E-state index >= 15 is 0 Å². The molecule has 0 spiro atoms. The fraction of sp³-hybridized carbons (Fsp3) is 0.129. The number of nitrogens with zero attached hydrogens (tertiary/aromatic N) is 3. The van der Waals surface area contributed by atoms with Crippen molar-refractivity contribution in [2.45, 2.75) is 20.8 Å². The van der Waals surface area contributed by atoms with Crippen LogP contribution in [-0.2, 0) is 9.53 Å². The Labute approximate surface area is 226 Å². The van der Waals surface area contributed by atoms with Crippen LogP contribution < -0.4 is 4.90 Å². The fourth-order valence-electron chi connectivity index (χ4n) is 4.43. The number of benzene rings is 3. The molecule has 190 valence electrons. The van der Waals surface area contributed by atoms with Crippen LogP contribution in [0, 0.1) is 13.8 Å². The van der Waals surface area contributed by atoms with E-state index in [2.05, 4.69) is 4.57 Å². The van der Waals surface area contributed by atoms with Crippen LogP contribution in [0.4, 0.5) is 11.4 Å². The van der Waals surface area contributed by atoms with Crippen LogP contribution in [0.1, 0.15) is 34.2 Å². The van der Waals surface area contributed by atoms with E-state index in [1.54, 1.807) is 17.9 Å². The Bertz CT molecular complexity index is 1560. The molecule has 0 saturated carbocycles. The minimum absolute atomic E-state index is 0.120. The Hall–Kier alpha value is -4.36. The predicted octanol–water partition coefficient (Wildman–Crippen LogP) is 7.08. The summed E-state index contributed by atoms with van der Waals surface area (Å²) >= 11 is 1.36. The second-order valence-corrected chi connectivity index (χ2v) is 9.76. The molecule has 1 aromatic heterocycles. The molecule has 2 heterocycles. The summed E-state index contributed by atoms with van der Waals surface area (Å²) in [5, 5.41) is 0.606. The van der Waals surface area contributed by atoms with Gasteiger partial charge in [-0.3, -0.25) is 9.69 Å². The van der Waals surface area contributed by atoms with Crippen molar-refractivity contribution in [1.82, 2.24) is 4.57 Å². The normalized spacial score (nSPS) is 15.4. The maximum absolute atomic E-state index is 13.7. The number of amides is 1. The Kier molecular flexibility index (Phi) is 7.29. The van der Waals surface area contributed by atoms with Gasteiger partial charge in [0.2, 0.25) is 0 Å². The first-order valence-corrected chi connectivity index (χ1v) is 13.2. The van der Waals surface area contributed by atoms with E-state index in [9.17, 15) is 9.59 Å². The Morgan fingerprint density at radius 3 is 2.32 bits per heavy atom. The number of ether oxygens (including phenoxy) is 1. The molecule has 0 atom stereocenters. The summed E-state index contributed by atoms with van der Waals surface area (Å²) in [6, 6.07) is 28.6. The highest BCUT2D eigenvalue weighted by Crippen LogP contribution is 2.38. The molecule has 0 unspecified atom stereocenters. The van der Waals surface area contributed by atoms with Gasteiger partial charge in [0.1, 0.15) is 0 Å². The molecule has 1 amide bonds. The second-order valence-electron chi connectivity index (χ2n) is 8.75. The van der Waals surface area contributed by atoms with Crippen molar-refractivity contribution in [3.05, 3.63) is 118 Å². The largest absolute Gasteiger partial charge is 0.462 e. The van der Waals surface area contributed by atoms with Crippen LogP contribution in [0.15, 0.2) is 101 Å². The van der Waals surface area contributed by atoms with Gasteiger partial charge in [0.25, 0.3) is 5.91 Å². The molecular formula is C31H27N3O3S. The van der Waals surface area contributed by atoms with Crippen LogP contribution in [0.2, 0.25) is 0 Å². The van der Waals surface area contributed by atoms with E-state index < -0.39 is 0 Å². The van der Waals surface area contributed by atoms with Crippen molar-refractivity contribution in [2.75, 3.05) is 11.5 Å². The molecule has 1 aliphatic rings. The van der Waals surface area contributed by atoms with Gasteiger partial charge in [-0.2, -0.15) is 0 Å². The smallest absolute Gasteiger partial charge is 0.338 e. The van der Waals surface area contributed by atoms with Crippen molar-refractivity contribution < 1.29 is 14.3 Å². The minimum Gasteiger partial charge on any atom is -0.462 e. The minimum atomic E-state index is -0.349. The molecule has 0 bridgehead atoms. The molecule has 7 heteroatoms. The molecule has 1 aliphatic heterocycles. The van der Waals surface area contributed by atoms with Crippen LogP contribution in [0.3, 0.4) is 0 Å². The zero-order valence-corrected chi connectivity index (χ0v) is 22.2. The molecular weight excluding hydrogens is 494 g/mol. The number of amidine groups is 1. The Morgan fingerprint density at radius 1 is 0.921 bits per heavy atom. The van der Waals surface area contributed by atoms with Crippen LogP contribution in [0.25, 0.3) is 11.8 Å². The molecule has 1 fully saturated rings. The van der Waals surface area contributed by atoms with E-state index in [0.29, 0.717) is 22.2 Å². The summed E-state index contributed by atoms with van der Waals surface area (Å²) in [5.41, 5.74) is 5.78. The van der Waals surface area contributed by atoms with Crippen LogP contribution in [-0.4, -0.2) is 28.2 Å². The molecule has 0 aliphatic carbocycles. The summed E-state index contributed by atoms with van der Waals surface area (Å²) in [7, 11) is 0. The summed E-state index contributed by atoms with van der Waals surface area (Å²) in [6.07, 6.45) is 1.92. The molecule has 0 radical (unpaired) electrons. The Balaban J connectivity index is 1.53. The number of thioether (sulfide) groups is 1. The number of esters is 1. The summed E-state index contributed by atoms with van der Waals surface area (Å²) in [6.45, 7) is 6.13. The fourth-order valence-corrected chi connectivity index (χ4v) is 5.42. The third-order valence-electron chi connectivity index (χ3n) is 6.17. The predicted molar refractivity (Wildman–Crippen MR) is 154 cm³/mol. The number of rotatable bonds is 6. The first-order chi connectivity index (χ1) is 18.5. The molecule has 38 heavy (non-hydrogen) atoms. The number of carbonyl (C=O) groups excluding carboxylic acids is 2. The standard InChI is InChI=1S/C31H27N3O3S/c1-4-37-30(36)23-12-11-17-27(19-23)33-21(2)18-24(22(33)3)20-28-29(35)34(26-15-9-6-10-16-26)31(38-28)32-25-13-7-5-8-14-25/h5-20H,4H2,1-3H3/b28-20-,32-31?. The van der Waals surface area contributed by atoms with Gasteiger partial charge < -0.3 is 9.30 Å². The molecule has 5 rings (SSSR count). The van der Waals surface area contributed by atoms with Gasteiger partial charge >= 0.3 is 5.97 Å². The topological polar surface area (TPSA) is 63.9 Å². The van der Waals surface area contributed by atoms with Crippen molar-refractivity contribution in [2.24, 2.45) is 4.99 Å². The first kappa shape index (κ1) is 25.3. The van der Waals surface area contributed by atoms with Gasteiger partial charge in [-0.05, 0) is 92.7 Å². The molecule has 4 aromatic rings. The number of para-hydroxylation sites is 2. The van der Waals surface area contributed by atoms with E-state index in [4.69, 9.17) is 9.73 Å². The highest BCUT2D eigenvalue weighted by molar-refractivity contribution is 8.19. The van der Waals surface area contributed by atoms with Crippen LogP contribution >= 0.6 is 11.8 Å². The maximum Gasteiger partial charge on any atom is 0.338 e. The highest BCUT2D eigenvalue weighted by Gasteiger charge is 2.35. The molecule has 6 nitrogen and oxygen atoms in total. The first-order valence-electron chi connectivity index (χ1n) is 12.4. The van der Waals surface area contributed by atoms with E-state index in [1.165, 1.54) is 11.8 Å². The number of aliphatic imine (C=N–C) groups is 1. The van der Waals surface area contributed by atoms with Gasteiger partial charge in [0.15, 0.2) is 5.17 Å². The van der Waals surface area contributed by atoms with Crippen molar-refractivity contribution >= 4 is 46.3 Å². The second kappa shape index (κ2) is 10.9. The zero-order chi connectivity index (χ0) is 26.6. The highest BCUT2D eigenvalue weighted by atomic mass is 32.2. The number of carbonyl (C=O) groups is 2. The Morgan fingerprint density at radius 2 is 1.61 bits per heavy atom.